The van der Waals surface area contributed by atoms with Gasteiger partial charge in [-0.15, -0.1) is 11.3 Å². The van der Waals surface area contributed by atoms with Gasteiger partial charge >= 0.3 is 11.8 Å². The van der Waals surface area contributed by atoms with Gasteiger partial charge in [-0.1, -0.05) is 30.5 Å². The van der Waals surface area contributed by atoms with Gasteiger partial charge in [0.2, 0.25) is 0 Å². The quantitative estimate of drug-likeness (QED) is 0.630. The van der Waals surface area contributed by atoms with E-state index in [1.807, 2.05) is 12.1 Å². The maximum absolute atomic E-state index is 12.4. The fourth-order valence-corrected chi connectivity index (χ4v) is 5.04. The topological polar surface area (TPSA) is 78.4 Å². The Kier molecular flexibility index (Phi) is 6.43. The minimum atomic E-state index is -0.700. The minimum absolute atomic E-state index is 0.167. The first-order chi connectivity index (χ1) is 13.3. The van der Waals surface area contributed by atoms with Gasteiger partial charge in [0.05, 0.1) is 6.10 Å². The number of hydrogen-bond acceptors (Lipinski definition) is 4. The predicted octanol–water partition coefficient (Wildman–Crippen LogP) is 4.33. The third-order valence-electron chi connectivity index (χ3n) is 5.43. The molecule has 0 radical (unpaired) electrons. The number of carbonyl (C=O) groups excluding carboxylic acids is 2. The van der Waals surface area contributed by atoms with E-state index in [1.165, 1.54) is 0 Å². The molecule has 3 rings (SSSR count). The highest BCUT2D eigenvalue weighted by atomic mass is 35.5. The van der Waals surface area contributed by atoms with Gasteiger partial charge in [0.15, 0.2) is 0 Å². The Morgan fingerprint density at radius 3 is 2.57 bits per heavy atom. The maximum atomic E-state index is 12.4. The van der Waals surface area contributed by atoms with Gasteiger partial charge in [-0.3, -0.25) is 9.59 Å². The van der Waals surface area contributed by atoms with Crippen LogP contribution in [0.15, 0.2) is 30.3 Å². The number of thiophene rings is 1. The van der Waals surface area contributed by atoms with Gasteiger partial charge < -0.3 is 15.7 Å². The summed E-state index contributed by atoms with van der Waals surface area (Å²) in [5, 5.41) is 15.8. The van der Waals surface area contributed by atoms with E-state index in [-0.39, 0.29) is 5.41 Å². The minimum Gasteiger partial charge on any atom is -0.388 e. The molecule has 1 aromatic heterocycles. The number of nitrogens with one attached hydrogen (secondary N) is 2. The normalized spacial score (nSPS) is 16.6. The molecule has 1 saturated carbocycles. The molecule has 3 N–H and O–H groups in total. The van der Waals surface area contributed by atoms with Crippen molar-refractivity contribution in [3.05, 3.63) is 50.7 Å². The van der Waals surface area contributed by atoms with Crippen LogP contribution in [-0.2, 0) is 15.0 Å². The standard InChI is InChI=1S/C21H25ClN2O3S/c1-13-15(22)6-5-7-16(13)24-20(27)19(26)23-12-21(10-3-4-11-21)18-9-8-17(28-18)14(2)25/h5-9,14,25H,3-4,10-12H2,1-2H3,(H,23,26)(H,24,27)/t14-/m0/s1. The smallest absolute Gasteiger partial charge is 0.313 e. The van der Waals surface area contributed by atoms with Gasteiger partial charge in [0, 0.05) is 32.4 Å². The first-order valence-corrected chi connectivity index (χ1v) is 10.6. The molecule has 1 aliphatic carbocycles. The number of amides is 2. The van der Waals surface area contributed by atoms with Crippen LogP contribution in [-0.4, -0.2) is 23.5 Å². The number of aliphatic hydroxyl groups excluding tert-OH is 1. The van der Waals surface area contributed by atoms with Crippen LogP contribution in [0.3, 0.4) is 0 Å². The van der Waals surface area contributed by atoms with Crippen LogP contribution in [0.1, 0.15) is 54.0 Å². The lowest BCUT2D eigenvalue weighted by Gasteiger charge is -2.28. The van der Waals surface area contributed by atoms with Crippen molar-refractivity contribution in [2.24, 2.45) is 0 Å². The summed E-state index contributed by atoms with van der Waals surface area (Å²) >= 11 is 7.65. The molecule has 0 bridgehead atoms. The van der Waals surface area contributed by atoms with Crippen molar-refractivity contribution in [2.75, 3.05) is 11.9 Å². The summed E-state index contributed by atoms with van der Waals surface area (Å²) < 4.78 is 0. The molecule has 0 saturated heterocycles. The lowest BCUT2D eigenvalue weighted by atomic mass is 9.84. The number of halogens is 1. The zero-order chi connectivity index (χ0) is 20.3. The van der Waals surface area contributed by atoms with Gasteiger partial charge in [-0.2, -0.15) is 0 Å². The molecule has 1 aromatic carbocycles. The molecule has 1 atom stereocenters. The number of aliphatic hydroxyl groups is 1. The van der Waals surface area contributed by atoms with Gasteiger partial charge in [-0.05, 0) is 56.5 Å². The maximum Gasteiger partial charge on any atom is 0.313 e. The Morgan fingerprint density at radius 1 is 1.21 bits per heavy atom. The predicted molar refractivity (Wildman–Crippen MR) is 113 cm³/mol. The summed E-state index contributed by atoms with van der Waals surface area (Å²) in [6.07, 6.45) is 3.60. The number of hydrogen-bond donors (Lipinski definition) is 3. The molecule has 28 heavy (non-hydrogen) atoms. The number of rotatable bonds is 5. The molecule has 1 heterocycles. The fourth-order valence-electron chi connectivity index (χ4n) is 3.68. The third-order valence-corrected chi connectivity index (χ3v) is 7.34. The molecule has 0 spiro atoms. The van der Waals surface area contributed by atoms with Crippen molar-refractivity contribution in [1.29, 1.82) is 0 Å². The van der Waals surface area contributed by atoms with E-state index in [9.17, 15) is 14.7 Å². The van der Waals surface area contributed by atoms with Crippen molar-refractivity contribution in [3.63, 3.8) is 0 Å². The SMILES string of the molecule is Cc1c(Cl)cccc1NC(=O)C(=O)NCC1(c2ccc([C@H](C)O)s2)CCCC1. The largest absolute Gasteiger partial charge is 0.388 e. The molecule has 2 amide bonds. The van der Waals surface area contributed by atoms with E-state index >= 15 is 0 Å². The van der Waals surface area contributed by atoms with Crippen LogP contribution in [0.5, 0.6) is 0 Å². The number of carbonyl (C=O) groups is 2. The molecule has 7 heteroatoms. The second-order valence-electron chi connectivity index (χ2n) is 7.41. The Morgan fingerprint density at radius 2 is 1.93 bits per heavy atom. The molecule has 150 valence electrons. The molecular formula is C21H25ClN2O3S. The molecule has 5 nitrogen and oxygen atoms in total. The average molecular weight is 421 g/mol. The van der Waals surface area contributed by atoms with Crippen LogP contribution < -0.4 is 10.6 Å². The second kappa shape index (κ2) is 8.64. The van der Waals surface area contributed by atoms with E-state index in [1.54, 1.807) is 43.4 Å². The monoisotopic (exact) mass is 420 g/mol. The highest BCUT2D eigenvalue weighted by Gasteiger charge is 2.37. The average Bonchev–Trinajstić information content (AvgIpc) is 3.33. The molecule has 1 aliphatic rings. The van der Waals surface area contributed by atoms with Crippen LogP contribution in [0.2, 0.25) is 5.02 Å². The molecule has 2 aromatic rings. The second-order valence-corrected chi connectivity index (χ2v) is 8.94. The van der Waals surface area contributed by atoms with Crippen LogP contribution >= 0.6 is 22.9 Å². The summed E-state index contributed by atoms with van der Waals surface area (Å²) in [5.74, 6) is -1.35. The zero-order valence-electron chi connectivity index (χ0n) is 16.0. The summed E-state index contributed by atoms with van der Waals surface area (Å²) in [6, 6.07) is 9.17. The Balaban J connectivity index is 1.67. The van der Waals surface area contributed by atoms with Gasteiger partial charge in [0.25, 0.3) is 0 Å². The lowest BCUT2D eigenvalue weighted by molar-refractivity contribution is -0.136. The summed E-state index contributed by atoms with van der Waals surface area (Å²) in [4.78, 5) is 26.8. The Labute approximate surface area is 174 Å². The van der Waals surface area contributed by atoms with Crippen molar-refractivity contribution < 1.29 is 14.7 Å². The summed E-state index contributed by atoms with van der Waals surface area (Å²) in [6.45, 7) is 3.95. The van der Waals surface area contributed by atoms with E-state index < -0.39 is 17.9 Å². The van der Waals surface area contributed by atoms with E-state index in [0.29, 0.717) is 17.3 Å². The molecule has 0 aliphatic heterocycles. The van der Waals surface area contributed by atoms with Gasteiger partial charge in [-0.25, -0.2) is 0 Å². The van der Waals surface area contributed by atoms with Crippen molar-refractivity contribution in [1.82, 2.24) is 5.32 Å². The van der Waals surface area contributed by atoms with E-state index in [4.69, 9.17) is 11.6 Å². The molecular weight excluding hydrogens is 396 g/mol. The highest BCUT2D eigenvalue weighted by Crippen LogP contribution is 2.44. The van der Waals surface area contributed by atoms with Crippen molar-refractivity contribution >= 4 is 40.4 Å². The van der Waals surface area contributed by atoms with Crippen LogP contribution in [0.4, 0.5) is 5.69 Å². The molecule has 0 unspecified atom stereocenters. The first-order valence-electron chi connectivity index (χ1n) is 9.45. The zero-order valence-corrected chi connectivity index (χ0v) is 17.6. The van der Waals surface area contributed by atoms with E-state index in [0.717, 1.165) is 41.0 Å². The fraction of sp³-hybridized carbons (Fsp3) is 0.429. The van der Waals surface area contributed by atoms with Crippen molar-refractivity contribution in [2.45, 2.75) is 51.0 Å². The Hall–Kier alpha value is -1.89. The highest BCUT2D eigenvalue weighted by molar-refractivity contribution is 7.12. The van der Waals surface area contributed by atoms with E-state index in [2.05, 4.69) is 10.6 Å². The number of anilines is 1. The first kappa shape index (κ1) is 20.8. The molecule has 1 fully saturated rings. The van der Waals surface area contributed by atoms with Crippen molar-refractivity contribution in [3.8, 4) is 0 Å². The number of benzene rings is 1. The van der Waals surface area contributed by atoms with Crippen LogP contribution in [0.25, 0.3) is 0 Å². The summed E-state index contributed by atoms with van der Waals surface area (Å²) in [5.41, 5.74) is 1.09. The third kappa shape index (κ3) is 4.40. The van der Waals surface area contributed by atoms with Crippen LogP contribution in [0, 0.1) is 6.92 Å². The van der Waals surface area contributed by atoms with Gasteiger partial charge in [0.1, 0.15) is 0 Å². The summed E-state index contributed by atoms with van der Waals surface area (Å²) in [7, 11) is 0. The Bertz CT molecular complexity index is 872. The lowest BCUT2D eigenvalue weighted by Crippen LogP contribution is -2.43.